The molecular formula is C18H31N3O2S. The van der Waals surface area contributed by atoms with Crippen LogP contribution < -0.4 is 14.9 Å². The molecule has 0 saturated heterocycles. The number of benzene rings is 1. The van der Waals surface area contributed by atoms with Crippen LogP contribution in [-0.2, 0) is 10.0 Å². The number of anilines is 1. The molecule has 1 aromatic carbocycles. The van der Waals surface area contributed by atoms with E-state index in [1.165, 1.54) is 32.1 Å². The molecule has 0 atom stereocenters. The summed E-state index contributed by atoms with van der Waals surface area (Å²) in [5, 5.41) is 3.46. The van der Waals surface area contributed by atoms with Crippen molar-refractivity contribution in [3.63, 3.8) is 0 Å². The van der Waals surface area contributed by atoms with Crippen LogP contribution in [0.15, 0.2) is 29.2 Å². The molecule has 1 saturated carbocycles. The van der Waals surface area contributed by atoms with Gasteiger partial charge in [0, 0.05) is 26.3 Å². The number of nitrogens with one attached hydrogen (secondary N) is 2. The molecule has 24 heavy (non-hydrogen) atoms. The Balaban J connectivity index is 1.66. The zero-order valence-corrected chi connectivity index (χ0v) is 15.7. The maximum atomic E-state index is 12.2. The third-order valence-electron chi connectivity index (χ3n) is 4.64. The van der Waals surface area contributed by atoms with Gasteiger partial charge in [-0.05, 0) is 62.5 Å². The van der Waals surface area contributed by atoms with Gasteiger partial charge >= 0.3 is 0 Å². The van der Waals surface area contributed by atoms with Crippen LogP contribution in [0.25, 0.3) is 0 Å². The predicted molar refractivity (Wildman–Crippen MR) is 100 cm³/mol. The maximum Gasteiger partial charge on any atom is 0.240 e. The highest BCUT2D eigenvalue weighted by molar-refractivity contribution is 7.89. The fraction of sp³-hybridized carbons (Fsp3) is 0.667. The molecule has 1 fully saturated rings. The van der Waals surface area contributed by atoms with E-state index in [-0.39, 0.29) is 0 Å². The second-order valence-corrected chi connectivity index (χ2v) is 8.61. The summed E-state index contributed by atoms with van der Waals surface area (Å²) in [6, 6.07) is 6.94. The molecule has 2 N–H and O–H groups in total. The van der Waals surface area contributed by atoms with Crippen molar-refractivity contribution in [3.05, 3.63) is 24.3 Å². The standard InChI is InChI=1S/C18H31N3O2S/c1-21(2)17-9-11-18(12-10-17)24(22,23)20-14-6-13-19-15-16-7-4-3-5-8-16/h9-12,16,19-20H,3-8,13-15H2,1-2H3. The van der Waals surface area contributed by atoms with Crippen LogP contribution in [0.5, 0.6) is 0 Å². The Hall–Kier alpha value is -1.11. The van der Waals surface area contributed by atoms with E-state index in [4.69, 9.17) is 0 Å². The average Bonchev–Trinajstić information content (AvgIpc) is 2.59. The third-order valence-corrected chi connectivity index (χ3v) is 6.12. The van der Waals surface area contributed by atoms with Gasteiger partial charge in [-0.25, -0.2) is 13.1 Å². The molecule has 1 aliphatic carbocycles. The SMILES string of the molecule is CN(C)c1ccc(S(=O)(=O)NCCCNCC2CCCCC2)cc1. The molecule has 0 radical (unpaired) electrons. The van der Waals surface area contributed by atoms with E-state index < -0.39 is 10.0 Å². The van der Waals surface area contributed by atoms with Crippen LogP contribution in [0.3, 0.4) is 0 Å². The molecule has 0 bridgehead atoms. The van der Waals surface area contributed by atoms with Crippen molar-refractivity contribution in [2.45, 2.75) is 43.4 Å². The van der Waals surface area contributed by atoms with Gasteiger partial charge in [-0.2, -0.15) is 0 Å². The van der Waals surface area contributed by atoms with Gasteiger partial charge in [0.15, 0.2) is 0 Å². The summed E-state index contributed by atoms with van der Waals surface area (Å²) >= 11 is 0. The Morgan fingerprint density at radius 2 is 1.71 bits per heavy atom. The first-order valence-electron chi connectivity index (χ1n) is 8.97. The molecule has 1 aliphatic rings. The summed E-state index contributed by atoms with van der Waals surface area (Å²) in [4.78, 5) is 2.27. The molecule has 0 spiro atoms. The van der Waals surface area contributed by atoms with Gasteiger partial charge in [0.05, 0.1) is 4.90 Å². The Kier molecular flexibility index (Phi) is 7.52. The maximum absolute atomic E-state index is 12.2. The predicted octanol–water partition coefficient (Wildman–Crippen LogP) is 2.59. The lowest BCUT2D eigenvalue weighted by Gasteiger charge is -2.21. The van der Waals surface area contributed by atoms with Gasteiger partial charge in [-0.15, -0.1) is 0 Å². The van der Waals surface area contributed by atoms with Gasteiger partial charge < -0.3 is 10.2 Å². The first-order chi connectivity index (χ1) is 11.5. The zero-order chi connectivity index (χ0) is 17.4. The largest absolute Gasteiger partial charge is 0.378 e. The molecule has 0 aliphatic heterocycles. The van der Waals surface area contributed by atoms with Crippen LogP contribution in [0.4, 0.5) is 5.69 Å². The minimum atomic E-state index is -3.41. The number of hydrogen-bond acceptors (Lipinski definition) is 4. The Morgan fingerprint density at radius 3 is 2.33 bits per heavy atom. The van der Waals surface area contributed by atoms with E-state index in [0.717, 1.165) is 31.1 Å². The Labute approximate surface area is 146 Å². The Bertz CT molecular complexity index is 579. The number of sulfonamides is 1. The molecule has 0 amide bonds. The molecule has 6 heteroatoms. The van der Waals surface area contributed by atoms with Crippen molar-refractivity contribution in [1.82, 2.24) is 10.0 Å². The summed E-state index contributed by atoms with van der Waals surface area (Å²) in [6.07, 6.45) is 7.58. The van der Waals surface area contributed by atoms with Gasteiger partial charge in [0.25, 0.3) is 0 Å². The first kappa shape index (κ1) is 19.2. The summed E-state index contributed by atoms with van der Waals surface area (Å²) in [7, 11) is 0.459. The zero-order valence-electron chi connectivity index (χ0n) is 14.9. The lowest BCUT2D eigenvalue weighted by atomic mass is 9.89. The highest BCUT2D eigenvalue weighted by Crippen LogP contribution is 2.22. The lowest BCUT2D eigenvalue weighted by molar-refractivity contribution is 0.342. The second-order valence-electron chi connectivity index (χ2n) is 6.85. The van der Waals surface area contributed by atoms with Crippen molar-refractivity contribution in [1.29, 1.82) is 0 Å². The van der Waals surface area contributed by atoms with Gasteiger partial charge in [-0.3, -0.25) is 0 Å². The minimum absolute atomic E-state index is 0.322. The van der Waals surface area contributed by atoms with Crippen molar-refractivity contribution in [2.75, 3.05) is 38.6 Å². The summed E-state index contributed by atoms with van der Waals surface area (Å²) in [6.45, 7) is 2.40. The Morgan fingerprint density at radius 1 is 1.04 bits per heavy atom. The number of nitrogens with zero attached hydrogens (tertiary/aromatic N) is 1. The van der Waals surface area contributed by atoms with Crippen LogP contribution >= 0.6 is 0 Å². The highest BCUT2D eigenvalue weighted by Gasteiger charge is 2.14. The quantitative estimate of drug-likeness (QED) is 0.670. The van der Waals surface area contributed by atoms with Gasteiger partial charge in [-0.1, -0.05) is 19.3 Å². The molecule has 1 aromatic rings. The average molecular weight is 354 g/mol. The van der Waals surface area contributed by atoms with E-state index >= 15 is 0 Å². The molecule has 0 heterocycles. The highest BCUT2D eigenvalue weighted by atomic mass is 32.2. The van der Waals surface area contributed by atoms with E-state index in [2.05, 4.69) is 10.0 Å². The fourth-order valence-electron chi connectivity index (χ4n) is 3.12. The molecule has 2 rings (SSSR count). The molecule has 136 valence electrons. The van der Waals surface area contributed by atoms with Gasteiger partial charge in [0.1, 0.15) is 0 Å². The minimum Gasteiger partial charge on any atom is -0.378 e. The van der Waals surface area contributed by atoms with Crippen LogP contribution in [0.2, 0.25) is 0 Å². The fourth-order valence-corrected chi connectivity index (χ4v) is 4.20. The van der Waals surface area contributed by atoms with E-state index in [1.54, 1.807) is 12.1 Å². The summed E-state index contributed by atoms with van der Waals surface area (Å²) in [5.41, 5.74) is 0.987. The van der Waals surface area contributed by atoms with E-state index in [1.807, 2.05) is 31.1 Å². The second kappa shape index (κ2) is 9.39. The van der Waals surface area contributed by atoms with E-state index in [9.17, 15) is 8.42 Å². The molecule has 0 unspecified atom stereocenters. The van der Waals surface area contributed by atoms with Crippen molar-refractivity contribution >= 4 is 15.7 Å². The topological polar surface area (TPSA) is 61.4 Å². The number of rotatable bonds is 9. The van der Waals surface area contributed by atoms with E-state index in [0.29, 0.717) is 11.4 Å². The third kappa shape index (κ3) is 6.07. The van der Waals surface area contributed by atoms with Crippen molar-refractivity contribution in [2.24, 2.45) is 5.92 Å². The van der Waals surface area contributed by atoms with Crippen LogP contribution in [0, 0.1) is 5.92 Å². The van der Waals surface area contributed by atoms with Gasteiger partial charge in [0.2, 0.25) is 10.0 Å². The normalized spacial score (nSPS) is 16.2. The van der Waals surface area contributed by atoms with Crippen LogP contribution in [0.1, 0.15) is 38.5 Å². The summed E-state index contributed by atoms with van der Waals surface area (Å²) in [5.74, 6) is 0.811. The smallest absolute Gasteiger partial charge is 0.240 e. The van der Waals surface area contributed by atoms with Crippen LogP contribution in [-0.4, -0.2) is 42.1 Å². The molecular weight excluding hydrogens is 322 g/mol. The monoisotopic (exact) mass is 353 g/mol. The molecule has 5 nitrogen and oxygen atoms in total. The molecule has 0 aromatic heterocycles. The first-order valence-corrected chi connectivity index (χ1v) is 10.4. The van der Waals surface area contributed by atoms with Crippen molar-refractivity contribution in [3.8, 4) is 0 Å². The lowest BCUT2D eigenvalue weighted by Crippen LogP contribution is -2.29. The number of hydrogen-bond donors (Lipinski definition) is 2. The van der Waals surface area contributed by atoms with Crippen molar-refractivity contribution < 1.29 is 8.42 Å². The summed E-state index contributed by atoms with van der Waals surface area (Å²) < 4.78 is 27.2.